The lowest BCUT2D eigenvalue weighted by Gasteiger charge is -2.14. The van der Waals surface area contributed by atoms with Gasteiger partial charge in [-0.15, -0.1) is 0 Å². The predicted octanol–water partition coefficient (Wildman–Crippen LogP) is 0.454. The van der Waals surface area contributed by atoms with E-state index in [1.807, 2.05) is 6.92 Å². The molecule has 0 bridgehead atoms. The van der Waals surface area contributed by atoms with Gasteiger partial charge in [0.25, 0.3) is 5.91 Å². The van der Waals surface area contributed by atoms with Gasteiger partial charge in [-0.2, -0.15) is 4.31 Å². The molecule has 0 spiro atoms. The molecular weight excluding hydrogens is 344 g/mol. The zero-order valence-corrected chi connectivity index (χ0v) is 15.7. The number of amides is 2. The molecule has 1 saturated heterocycles. The van der Waals surface area contributed by atoms with Crippen molar-refractivity contribution in [1.29, 1.82) is 0 Å². The summed E-state index contributed by atoms with van der Waals surface area (Å²) in [6.07, 6.45) is 3.94. The smallest absolute Gasteiger partial charge is 0.268 e. The Bertz CT molecular complexity index is 735. The van der Waals surface area contributed by atoms with Crippen LogP contribution in [0.4, 0.5) is 0 Å². The number of rotatable bonds is 7. The van der Waals surface area contributed by atoms with Gasteiger partial charge in [0.15, 0.2) is 0 Å². The maximum absolute atomic E-state index is 12.6. The molecule has 1 aromatic rings. The molecule has 0 unspecified atom stereocenters. The first-order valence-electron chi connectivity index (χ1n) is 8.52. The van der Waals surface area contributed by atoms with E-state index in [0.717, 1.165) is 19.3 Å². The van der Waals surface area contributed by atoms with Gasteiger partial charge in [-0.05, 0) is 32.3 Å². The second-order valence-corrected chi connectivity index (χ2v) is 8.21. The van der Waals surface area contributed by atoms with E-state index in [-0.39, 0.29) is 16.5 Å². The summed E-state index contributed by atoms with van der Waals surface area (Å²) in [7, 11) is -1.97. The normalized spacial score (nSPS) is 16.6. The van der Waals surface area contributed by atoms with E-state index < -0.39 is 22.0 Å². The Kier molecular flexibility index (Phi) is 6.23. The van der Waals surface area contributed by atoms with Crippen LogP contribution in [0, 0.1) is 0 Å². The van der Waals surface area contributed by atoms with Gasteiger partial charge in [0, 0.05) is 32.9 Å². The first kappa shape index (κ1) is 19.5. The molecule has 1 fully saturated rings. The van der Waals surface area contributed by atoms with Crippen molar-refractivity contribution in [3.8, 4) is 0 Å². The van der Waals surface area contributed by atoms with Crippen LogP contribution in [0.25, 0.3) is 0 Å². The minimum Gasteiger partial charge on any atom is -0.354 e. The first-order chi connectivity index (χ1) is 11.8. The van der Waals surface area contributed by atoms with Crippen molar-refractivity contribution in [2.45, 2.75) is 44.0 Å². The molecule has 0 saturated carbocycles. The highest BCUT2D eigenvalue weighted by Gasteiger charge is 2.29. The lowest BCUT2D eigenvalue weighted by molar-refractivity contribution is -0.122. The molecule has 8 nitrogen and oxygen atoms in total. The minimum absolute atomic E-state index is 0.102. The zero-order chi connectivity index (χ0) is 18.6. The van der Waals surface area contributed by atoms with Crippen LogP contribution < -0.4 is 10.6 Å². The van der Waals surface area contributed by atoms with Crippen LogP contribution in [-0.2, 0) is 21.9 Å². The second-order valence-electron chi connectivity index (χ2n) is 6.27. The lowest BCUT2D eigenvalue weighted by atomic mass is 10.3. The summed E-state index contributed by atoms with van der Waals surface area (Å²) in [5.41, 5.74) is 0.202. The molecule has 1 atom stereocenters. The molecule has 25 heavy (non-hydrogen) atoms. The highest BCUT2D eigenvalue weighted by atomic mass is 32.2. The molecule has 0 aliphatic carbocycles. The van der Waals surface area contributed by atoms with E-state index in [1.165, 1.54) is 21.1 Å². The second kappa shape index (κ2) is 8.01. The van der Waals surface area contributed by atoms with E-state index in [4.69, 9.17) is 0 Å². The average molecular weight is 370 g/mol. The molecule has 1 aliphatic heterocycles. The number of aromatic nitrogens is 1. The molecule has 140 valence electrons. The fourth-order valence-electron chi connectivity index (χ4n) is 2.72. The van der Waals surface area contributed by atoms with Gasteiger partial charge in [-0.25, -0.2) is 8.42 Å². The molecule has 1 aromatic heterocycles. The van der Waals surface area contributed by atoms with Crippen molar-refractivity contribution < 1.29 is 18.0 Å². The van der Waals surface area contributed by atoms with Crippen molar-refractivity contribution in [3.63, 3.8) is 0 Å². The molecule has 2 N–H and O–H groups in total. The monoisotopic (exact) mass is 370 g/mol. The maximum Gasteiger partial charge on any atom is 0.268 e. The standard InChI is InChI=1S/C16H26N4O4S/c1-4-7-17-15(21)12(2)18-16(22)14-10-13(11-19(14)3)25(23,24)20-8-5-6-9-20/h10-12H,4-9H2,1-3H3,(H,17,21)(H,18,22)/t12-/m1/s1. The molecule has 0 aromatic carbocycles. The van der Waals surface area contributed by atoms with Gasteiger partial charge < -0.3 is 15.2 Å². The summed E-state index contributed by atoms with van der Waals surface area (Å²) in [5.74, 6) is -0.751. The maximum atomic E-state index is 12.6. The topological polar surface area (TPSA) is 101 Å². The SMILES string of the molecule is CCCNC(=O)[C@@H](C)NC(=O)c1cc(S(=O)(=O)N2CCCC2)cn1C. The van der Waals surface area contributed by atoms with Crippen LogP contribution >= 0.6 is 0 Å². The van der Waals surface area contributed by atoms with Crippen LogP contribution in [0.1, 0.15) is 43.6 Å². The summed E-state index contributed by atoms with van der Waals surface area (Å²) >= 11 is 0. The highest BCUT2D eigenvalue weighted by molar-refractivity contribution is 7.89. The Labute approximate surface area is 148 Å². The summed E-state index contributed by atoms with van der Waals surface area (Å²) in [6, 6.07) is 0.659. The Morgan fingerprint density at radius 1 is 1.28 bits per heavy atom. The van der Waals surface area contributed by atoms with E-state index in [2.05, 4.69) is 10.6 Å². The predicted molar refractivity (Wildman–Crippen MR) is 93.6 cm³/mol. The summed E-state index contributed by atoms with van der Waals surface area (Å²) in [5, 5.41) is 5.31. The van der Waals surface area contributed by atoms with Gasteiger partial charge in [0.2, 0.25) is 15.9 Å². The number of nitrogens with one attached hydrogen (secondary N) is 2. The third-order valence-corrected chi connectivity index (χ3v) is 6.07. The molecule has 1 aliphatic rings. The van der Waals surface area contributed by atoms with Crippen LogP contribution in [0.5, 0.6) is 0 Å². The van der Waals surface area contributed by atoms with Gasteiger partial charge in [-0.1, -0.05) is 6.92 Å². The van der Waals surface area contributed by atoms with Crippen LogP contribution in [0.3, 0.4) is 0 Å². The van der Waals surface area contributed by atoms with Gasteiger partial charge >= 0.3 is 0 Å². The number of carbonyl (C=O) groups is 2. The minimum atomic E-state index is -3.58. The molecule has 2 amide bonds. The van der Waals surface area contributed by atoms with Crippen molar-refractivity contribution in [3.05, 3.63) is 18.0 Å². The van der Waals surface area contributed by atoms with Gasteiger partial charge in [0.1, 0.15) is 16.6 Å². The van der Waals surface area contributed by atoms with E-state index in [1.54, 1.807) is 14.0 Å². The zero-order valence-electron chi connectivity index (χ0n) is 14.9. The number of sulfonamides is 1. The van der Waals surface area contributed by atoms with Crippen molar-refractivity contribution in [2.75, 3.05) is 19.6 Å². The van der Waals surface area contributed by atoms with Crippen LogP contribution in [0.2, 0.25) is 0 Å². The quantitative estimate of drug-likeness (QED) is 0.728. The Morgan fingerprint density at radius 3 is 2.52 bits per heavy atom. The van der Waals surface area contributed by atoms with Gasteiger partial charge in [-0.3, -0.25) is 9.59 Å². The molecule has 2 rings (SSSR count). The highest BCUT2D eigenvalue weighted by Crippen LogP contribution is 2.22. The number of hydrogen-bond donors (Lipinski definition) is 2. The Hall–Kier alpha value is -1.87. The summed E-state index contributed by atoms with van der Waals surface area (Å²) < 4.78 is 28.1. The fourth-order valence-corrected chi connectivity index (χ4v) is 4.30. The lowest BCUT2D eigenvalue weighted by Crippen LogP contribution is -2.45. The number of carbonyl (C=O) groups excluding carboxylic acids is 2. The van der Waals surface area contributed by atoms with E-state index in [0.29, 0.717) is 19.6 Å². The number of nitrogens with zero attached hydrogens (tertiary/aromatic N) is 2. The van der Waals surface area contributed by atoms with E-state index >= 15 is 0 Å². The Morgan fingerprint density at radius 2 is 1.92 bits per heavy atom. The molecular formula is C16H26N4O4S. The largest absolute Gasteiger partial charge is 0.354 e. The average Bonchev–Trinajstić information content (AvgIpc) is 3.22. The van der Waals surface area contributed by atoms with Crippen molar-refractivity contribution in [1.82, 2.24) is 19.5 Å². The summed E-state index contributed by atoms with van der Waals surface area (Å²) in [6.45, 7) is 5.09. The van der Waals surface area contributed by atoms with Crippen molar-refractivity contribution in [2.24, 2.45) is 7.05 Å². The molecule has 0 radical (unpaired) electrons. The number of aryl methyl sites for hydroxylation is 1. The van der Waals surface area contributed by atoms with Crippen LogP contribution in [-0.4, -0.2) is 54.8 Å². The van der Waals surface area contributed by atoms with Crippen molar-refractivity contribution >= 4 is 21.8 Å². The third-order valence-electron chi connectivity index (χ3n) is 4.21. The first-order valence-corrected chi connectivity index (χ1v) is 9.96. The summed E-state index contributed by atoms with van der Waals surface area (Å²) in [4.78, 5) is 24.4. The molecule has 9 heteroatoms. The third kappa shape index (κ3) is 4.40. The van der Waals surface area contributed by atoms with Gasteiger partial charge in [0.05, 0.1) is 0 Å². The van der Waals surface area contributed by atoms with E-state index in [9.17, 15) is 18.0 Å². The fraction of sp³-hybridized carbons (Fsp3) is 0.625. The Balaban J connectivity index is 2.11. The molecule has 2 heterocycles. The number of hydrogen-bond acceptors (Lipinski definition) is 4. The van der Waals surface area contributed by atoms with Crippen LogP contribution in [0.15, 0.2) is 17.2 Å².